The van der Waals surface area contributed by atoms with Crippen molar-refractivity contribution in [2.75, 3.05) is 43.4 Å². The van der Waals surface area contributed by atoms with Crippen molar-refractivity contribution < 1.29 is 22.5 Å². The predicted octanol–water partition coefficient (Wildman–Crippen LogP) is 4.36. The molecule has 0 spiro atoms. The molecule has 3 aromatic rings. The van der Waals surface area contributed by atoms with Gasteiger partial charge in [0.15, 0.2) is 0 Å². The van der Waals surface area contributed by atoms with E-state index in [2.05, 4.69) is 15.4 Å². The molecule has 1 saturated heterocycles. The van der Waals surface area contributed by atoms with Crippen LogP contribution in [0.3, 0.4) is 0 Å². The van der Waals surface area contributed by atoms with E-state index >= 15 is 0 Å². The third kappa shape index (κ3) is 4.72. The average Bonchev–Trinajstić information content (AvgIpc) is 3.25. The van der Waals surface area contributed by atoms with Gasteiger partial charge in [-0.25, -0.2) is 0 Å². The number of likely N-dealkylation sites (N-methyl/N-ethyl adjacent to an activating group) is 1. The van der Waals surface area contributed by atoms with Crippen LogP contribution in [-0.4, -0.2) is 49.2 Å². The van der Waals surface area contributed by atoms with Gasteiger partial charge in [0.1, 0.15) is 5.69 Å². The molecule has 0 radical (unpaired) electrons. The zero-order valence-corrected chi connectivity index (χ0v) is 16.8. The van der Waals surface area contributed by atoms with Crippen molar-refractivity contribution in [1.82, 2.24) is 10.1 Å². The van der Waals surface area contributed by atoms with Gasteiger partial charge in [-0.05, 0) is 25.2 Å². The van der Waals surface area contributed by atoms with Gasteiger partial charge in [0.2, 0.25) is 5.76 Å². The number of hydrogen-bond acceptors (Lipinski definition) is 5. The van der Waals surface area contributed by atoms with Crippen LogP contribution in [0.25, 0.3) is 11.3 Å². The first kappa shape index (κ1) is 20.9. The van der Waals surface area contributed by atoms with Crippen LogP contribution in [0.15, 0.2) is 59.1 Å². The Morgan fingerprint density at radius 2 is 1.74 bits per heavy atom. The second-order valence-electron chi connectivity index (χ2n) is 7.41. The van der Waals surface area contributed by atoms with Crippen LogP contribution in [0.5, 0.6) is 0 Å². The summed E-state index contributed by atoms with van der Waals surface area (Å²) in [6.07, 6.45) is -4.62. The molecule has 162 valence electrons. The van der Waals surface area contributed by atoms with Crippen molar-refractivity contribution in [3.8, 4) is 11.3 Å². The highest BCUT2D eigenvalue weighted by molar-refractivity contribution is 6.03. The number of alkyl halides is 3. The minimum Gasteiger partial charge on any atom is -0.369 e. The molecule has 4 rings (SSSR count). The number of piperazine rings is 1. The van der Waals surface area contributed by atoms with Crippen LogP contribution in [0.4, 0.5) is 24.5 Å². The largest absolute Gasteiger partial charge is 0.418 e. The van der Waals surface area contributed by atoms with Gasteiger partial charge in [-0.2, -0.15) is 13.2 Å². The van der Waals surface area contributed by atoms with Crippen molar-refractivity contribution in [3.05, 3.63) is 65.9 Å². The van der Waals surface area contributed by atoms with Crippen molar-refractivity contribution in [3.63, 3.8) is 0 Å². The second-order valence-corrected chi connectivity index (χ2v) is 7.41. The summed E-state index contributed by atoms with van der Waals surface area (Å²) in [4.78, 5) is 16.6. The number of carbonyl (C=O) groups excluding carboxylic acids is 1. The Labute approximate surface area is 177 Å². The first-order chi connectivity index (χ1) is 14.8. The van der Waals surface area contributed by atoms with Gasteiger partial charge < -0.3 is 19.6 Å². The SMILES string of the molecule is CN1CCN(c2ccc(NC(=O)c3cc(-c4ccccc4)no3)c(C(F)(F)F)c2)CC1. The molecule has 1 fully saturated rings. The fraction of sp³-hybridized carbons (Fsp3) is 0.273. The Morgan fingerprint density at radius 3 is 2.42 bits per heavy atom. The van der Waals surface area contributed by atoms with E-state index in [0.717, 1.165) is 24.7 Å². The molecule has 0 saturated carbocycles. The van der Waals surface area contributed by atoms with Crippen LogP contribution in [0, 0.1) is 0 Å². The van der Waals surface area contributed by atoms with E-state index in [-0.39, 0.29) is 11.4 Å². The maximum absolute atomic E-state index is 13.7. The second kappa shape index (κ2) is 8.43. The van der Waals surface area contributed by atoms with Gasteiger partial charge in [0, 0.05) is 43.5 Å². The fourth-order valence-electron chi connectivity index (χ4n) is 3.45. The highest BCUT2D eigenvalue weighted by Gasteiger charge is 2.35. The van der Waals surface area contributed by atoms with Gasteiger partial charge in [-0.15, -0.1) is 0 Å². The fourth-order valence-corrected chi connectivity index (χ4v) is 3.45. The Kier molecular flexibility index (Phi) is 5.69. The summed E-state index contributed by atoms with van der Waals surface area (Å²) in [6, 6.07) is 14.4. The van der Waals surface area contributed by atoms with E-state index < -0.39 is 17.6 Å². The van der Waals surface area contributed by atoms with Gasteiger partial charge in [-0.3, -0.25) is 4.79 Å². The monoisotopic (exact) mass is 430 g/mol. The molecule has 0 atom stereocenters. The lowest BCUT2D eigenvalue weighted by atomic mass is 10.1. The van der Waals surface area contributed by atoms with E-state index in [9.17, 15) is 18.0 Å². The molecular weight excluding hydrogens is 409 g/mol. The zero-order chi connectivity index (χ0) is 22.0. The number of nitrogens with zero attached hydrogens (tertiary/aromatic N) is 3. The quantitative estimate of drug-likeness (QED) is 0.666. The summed E-state index contributed by atoms with van der Waals surface area (Å²) < 4.78 is 46.2. The molecule has 1 aliphatic rings. The van der Waals surface area contributed by atoms with Crippen molar-refractivity contribution in [1.29, 1.82) is 0 Å². The van der Waals surface area contributed by atoms with Crippen molar-refractivity contribution in [2.24, 2.45) is 0 Å². The Hall–Kier alpha value is -3.33. The lowest BCUT2D eigenvalue weighted by molar-refractivity contribution is -0.136. The lowest BCUT2D eigenvalue weighted by Gasteiger charge is -2.34. The maximum Gasteiger partial charge on any atom is 0.418 e. The third-order valence-corrected chi connectivity index (χ3v) is 5.23. The number of amides is 1. The molecular formula is C22H21F3N4O2. The summed E-state index contributed by atoms with van der Waals surface area (Å²) in [6.45, 7) is 2.82. The third-order valence-electron chi connectivity index (χ3n) is 5.23. The Balaban J connectivity index is 1.56. The number of nitrogens with one attached hydrogen (secondary N) is 1. The van der Waals surface area contributed by atoms with Gasteiger partial charge in [0.25, 0.3) is 5.91 Å². The molecule has 0 unspecified atom stereocenters. The van der Waals surface area contributed by atoms with Crippen LogP contribution in [-0.2, 0) is 6.18 Å². The standard InChI is InChI=1S/C22H21F3N4O2/c1-28-9-11-29(12-10-28)16-7-8-18(17(13-16)22(23,24)25)26-21(30)20-14-19(27-31-20)15-5-3-2-4-6-15/h2-8,13-14H,9-12H2,1H3,(H,26,30). The molecule has 1 N–H and O–H groups in total. The summed E-state index contributed by atoms with van der Waals surface area (Å²) in [7, 11) is 1.98. The van der Waals surface area contributed by atoms with Crippen LogP contribution < -0.4 is 10.2 Å². The first-order valence-corrected chi connectivity index (χ1v) is 9.79. The minimum atomic E-state index is -4.62. The van der Waals surface area contributed by atoms with Gasteiger partial charge in [0.05, 0.1) is 11.3 Å². The predicted molar refractivity (Wildman–Crippen MR) is 111 cm³/mol. The van der Waals surface area contributed by atoms with E-state index in [1.54, 1.807) is 30.3 Å². The lowest BCUT2D eigenvalue weighted by Crippen LogP contribution is -2.44. The highest BCUT2D eigenvalue weighted by atomic mass is 19.4. The molecule has 2 heterocycles. The number of halogens is 3. The maximum atomic E-state index is 13.7. The number of carbonyl (C=O) groups is 1. The number of rotatable bonds is 4. The number of hydrogen-bond donors (Lipinski definition) is 1. The Morgan fingerprint density at radius 1 is 1.03 bits per heavy atom. The van der Waals surface area contributed by atoms with Gasteiger partial charge in [-0.1, -0.05) is 35.5 Å². The van der Waals surface area contributed by atoms with Crippen LogP contribution in [0.1, 0.15) is 16.1 Å². The highest BCUT2D eigenvalue weighted by Crippen LogP contribution is 2.38. The zero-order valence-electron chi connectivity index (χ0n) is 16.8. The normalized spacial score (nSPS) is 15.2. The average molecular weight is 430 g/mol. The van der Waals surface area contributed by atoms with E-state index in [1.165, 1.54) is 12.1 Å². The number of benzene rings is 2. The summed E-state index contributed by atoms with van der Waals surface area (Å²) in [5, 5.41) is 6.15. The van der Waals surface area contributed by atoms with E-state index in [4.69, 9.17) is 4.52 Å². The molecule has 1 aromatic heterocycles. The smallest absolute Gasteiger partial charge is 0.369 e. The molecule has 9 heteroatoms. The molecule has 0 aliphatic carbocycles. The Bertz CT molecular complexity index is 1060. The minimum absolute atomic E-state index is 0.171. The van der Waals surface area contributed by atoms with Crippen LogP contribution in [0.2, 0.25) is 0 Å². The number of aromatic nitrogens is 1. The van der Waals surface area contributed by atoms with Crippen LogP contribution >= 0.6 is 0 Å². The summed E-state index contributed by atoms with van der Waals surface area (Å²) in [5.41, 5.74) is 0.405. The number of anilines is 2. The topological polar surface area (TPSA) is 61.6 Å². The van der Waals surface area contributed by atoms with Crippen molar-refractivity contribution in [2.45, 2.75) is 6.18 Å². The van der Waals surface area contributed by atoms with E-state index in [0.29, 0.717) is 24.5 Å². The molecule has 1 amide bonds. The molecule has 0 bridgehead atoms. The first-order valence-electron chi connectivity index (χ1n) is 9.79. The molecule has 6 nitrogen and oxygen atoms in total. The molecule has 1 aliphatic heterocycles. The summed E-state index contributed by atoms with van der Waals surface area (Å²) in [5.74, 6) is -0.970. The van der Waals surface area contributed by atoms with E-state index in [1.807, 2.05) is 18.0 Å². The summed E-state index contributed by atoms with van der Waals surface area (Å²) >= 11 is 0. The molecule has 2 aromatic carbocycles. The van der Waals surface area contributed by atoms with Gasteiger partial charge >= 0.3 is 6.18 Å². The molecule has 31 heavy (non-hydrogen) atoms. The van der Waals surface area contributed by atoms with Crippen molar-refractivity contribution >= 4 is 17.3 Å².